The van der Waals surface area contributed by atoms with Crippen LogP contribution in [0.3, 0.4) is 0 Å². The molecule has 38 heavy (non-hydrogen) atoms. The van der Waals surface area contributed by atoms with Gasteiger partial charge in [0.2, 0.25) is 11.8 Å². The second-order valence-corrected chi connectivity index (χ2v) is 10.6. The molecular formula is C31H37N5O2. The Labute approximate surface area is 225 Å². The summed E-state index contributed by atoms with van der Waals surface area (Å²) < 4.78 is 0. The Morgan fingerprint density at radius 1 is 0.868 bits per heavy atom. The first kappa shape index (κ1) is 25.9. The minimum Gasteiger partial charge on any atom is -0.352 e. The molecule has 5 rings (SSSR count). The summed E-state index contributed by atoms with van der Waals surface area (Å²) in [5.74, 6) is 1.55. The number of amides is 2. The lowest BCUT2D eigenvalue weighted by atomic mass is 10.0. The second-order valence-electron chi connectivity index (χ2n) is 10.6. The zero-order chi connectivity index (χ0) is 26.5. The van der Waals surface area contributed by atoms with Crippen molar-refractivity contribution in [3.63, 3.8) is 0 Å². The van der Waals surface area contributed by atoms with Crippen LogP contribution in [0, 0.1) is 11.8 Å². The van der Waals surface area contributed by atoms with Crippen LogP contribution in [0.5, 0.6) is 0 Å². The predicted molar refractivity (Wildman–Crippen MR) is 150 cm³/mol. The van der Waals surface area contributed by atoms with Gasteiger partial charge in [-0.05, 0) is 42.0 Å². The highest BCUT2D eigenvalue weighted by molar-refractivity contribution is 5.87. The van der Waals surface area contributed by atoms with E-state index < -0.39 is 0 Å². The molecule has 2 amide bonds. The smallest absolute Gasteiger partial charge is 0.242 e. The van der Waals surface area contributed by atoms with Crippen molar-refractivity contribution < 1.29 is 9.59 Å². The van der Waals surface area contributed by atoms with Gasteiger partial charge in [-0.3, -0.25) is 9.59 Å². The second kappa shape index (κ2) is 11.8. The van der Waals surface area contributed by atoms with Gasteiger partial charge in [-0.2, -0.15) is 0 Å². The van der Waals surface area contributed by atoms with Crippen molar-refractivity contribution in [2.24, 2.45) is 11.8 Å². The van der Waals surface area contributed by atoms with Gasteiger partial charge in [-0.25, -0.2) is 0 Å². The molecule has 7 heteroatoms. The molecule has 0 bridgehead atoms. The fourth-order valence-corrected chi connectivity index (χ4v) is 4.89. The van der Waals surface area contributed by atoms with Gasteiger partial charge in [0, 0.05) is 44.2 Å². The first-order chi connectivity index (χ1) is 18.5. The van der Waals surface area contributed by atoms with Crippen molar-refractivity contribution in [3.05, 3.63) is 66.7 Å². The van der Waals surface area contributed by atoms with E-state index in [0.717, 1.165) is 36.3 Å². The Bertz CT molecular complexity index is 1220. The van der Waals surface area contributed by atoms with Crippen molar-refractivity contribution in [1.29, 1.82) is 0 Å². The maximum Gasteiger partial charge on any atom is 0.242 e. The molecule has 1 aliphatic heterocycles. The Morgan fingerprint density at radius 2 is 1.53 bits per heavy atom. The number of hydrogen-bond acceptors (Lipinski definition) is 5. The summed E-state index contributed by atoms with van der Waals surface area (Å²) >= 11 is 0. The Morgan fingerprint density at radius 3 is 2.13 bits per heavy atom. The van der Waals surface area contributed by atoms with Crippen LogP contribution in [0.15, 0.2) is 66.7 Å². The molecule has 1 atom stereocenters. The molecule has 1 saturated heterocycles. The number of piperazine rings is 1. The van der Waals surface area contributed by atoms with E-state index in [1.54, 1.807) is 4.90 Å². The quantitative estimate of drug-likeness (QED) is 0.415. The van der Waals surface area contributed by atoms with Crippen LogP contribution in [0.1, 0.15) is 33.1 Å². The summed E-state index contributed by atoms with van der Waals surface area (Å²) in [6.45, 7) is 7.77. The highest BCUT2D eigenvalue weighted by Crippen LogP contribution is 2.31. The number of aromatic nitrogens is 2. The van der Waals surface area contributed by atoms with Crippen LogP contribution >= 0.6 is 0 Å². The standard InChI is InChI=1S/C31H37N5O2/c1-3-23(2)21-36(31(38)27-13-14-27)22-30(37)35-19-17-34(18-20-35)29-16-15-28(32-33-29)26-11-9-25(10-12-26)24-7-5-4-6-8-24/h4-12,15-16,23,27H,3,13-14,17-22H2,1-2H3/t23-/m0/s1. The van der Waals surface area contributed by atoms with Crippen molar-refractivity contribution in [2.45, 2.75) is 33.1 Å². The SMILES string of the molecule is CC[C@H](C)CN(CC(=O)N1CCN(c2ccc(-c3ccc(-c4ccccc4)cc3)nn2)CC1)C(=O)C1CC1. The molecular weight excluding hydrogens is 474 g/mol. The number of carbonyl (C=O) groups is 2. The maximum absolute atomic E-state index is 13.1. The van der Waals surface area contributed by atoms with E-state index >= 15 is 0 Å². The number of rotatable bonds is 9. The largest absolute Gasteiger partial charge is 0.352 e. The highest BCUT2D eigenvalue weighted by Gasteiger charge is 2.35. The number of benzene rings is 2. The van der Waals surface area contributed by atoms with Gasteiger partial charge in [0.15, 0.2) is 5.82 Å². The Kier molecular flexibility index (Phi) is 8.01. The van der Waals surface area contributed by atoms with E-state index in [1.165, 1.54) is 11.1 Å². The zero-order valence-electron chi connectivity index (χ0n) is 22.4. The molecule has 0 unspecified atom stereocenters. The molecule has 0 spiro atoms. The lowest BCUT2D eigenvalue weighted by Gasteiger charge is -2.36. The van der Waals surface area contributed by atoms with Crippen LogP contribution in [0.25, 0.3) is 22.4 Å². The van der Waals surface area contributed by atoms with E-state index in [9.17, 15) is 9.59 Å². The number of carbonyl (C=O) groups excluding carboxylic acids is 2. The first-order valence-corrected chi connectivity index (χ1v) is 13.8. The maximum atomic E-state index is 13.1. The lowest BCUT2D eigenvalue weighted by Crippen LogP contribution is -2.52. The molecule has 0 radical (unpaired) electrons. The lowest BCUT2D eigenvalue weighted by molar-refractivity contribution is -0.142. The summed E-state index contributed by atoms with van der Waals surface area (Å²) in [6, 6.07) is 22.7. The topological polar surface area (TPSA) is 69.6 Å². The molecule has 1 aliphatic carbocycles. The van der Waals surface area contributed by atoms with Crippen molar-refractivity contribution in [2.75, 3.05) is 44.2 Å². The van der Waals surface area contributed by atoms with E-state index in [-0.39, 0.29) is 24.3 Å². The molecule has 2 fully saturated rings. The van der Waals surface area contributed by atoms with Gasteiger partial charge < -0.3 is 14.7 Å². The zero-order valence-corrected chi connectivity index (χ0v) is 22.4. The summed E-state index contributed by atoms with van der Waals surface area (Å²) in [5.41, 5.74) is 4.23. The summed E-state index contributed by atoms with van der Waals surface area (Å²) in [7, 11) is 0. The van der Waals surface area contributed by atoms with Crippen LogP contribution in [0.4, 0.5) is 5.82 Å². The van der Waals surface area contributed by atoms with E-state index in [4.69, 9.17) is 0 Å². The van der Waals surface area contributed by atoms with Crippen LogP contribution in [-0.4, -0.2) is 71.1 Å². The minimum atomic E-state index is 0.0438. The first-order valence-electron chi connectivity index (χ1n) is 13.8. The molecule has 7 nitrogen and oxygen atoms in total. The predicted octanol–water partition coefficient (Wildman–Crippen LogP) is 4.74. The van der Waals surface area contributed by atoms with Gasteiger partial charge in [-0.1, -0.05) is 74.9 Å². The summed E-state index contributed by atoms with van der Waals surface area (Å²) in [6.07, 6.45) is 2.92. The molecule has 3 aromatic rings. The molecule has 2 aromatic carbocycles. The third-order valence-corrected chi connectivity index (χ3v) is 7.69. The van der Waals surface area contributed by atoms with Crippen molar-refractivity contribution in [1.82, 2.24) is 20.0 Å². The summed E-state index contributed by atoms with van der Waals surface area (Å²) in [4.78, 5) is 31.7. The van der Waals surface area contributed by atoms with E-state index in [1.807, 2.05) is 35.2 Å². The van der Waals surface area contributed by atoms with Gasteiger partial charge in [-0.15, -0.1) is 10.2 Å². The fraction of sp³-hybridized carbons (Fsp3) is 0.419. The summed E-state index contributed by atoms with van der Waals surface area (Å²) in [5, 5.41) is 8.97. The molecule has 198 valence electrons. The molecule has 1 saturated carbocycles. The van der Waals surface area contributed by atoms with Gasteiger partial charge in [0.05, 0.1) is 12.2 Å². The van der Waals surface area contributed by atoms with Crippen molar-refractivity contribution >= 4 is 17.6 Å². The van der Waals surface area contributed by atoms with Gasteiger partial charge >= 0.3 is 0 Å². The molecule has 2 heterocycles. The minimum absolute atomic E-state index is 0.0438. The van der Waals surface area contributed by atoms with Gasteiger partial charge in [0.1, 0.15) is 0 Å². The number of anilines is 1. The fourth-order valence-electron chi connectivity index (χ4n) is 4.89. The van der Waals surface area contributed by atoms with E-state index in [0.29, 0.717) is 38.6 Å². The van der Waals surface area contributed by atoms with Crippen LogP contribution in [0.2, 0.25) is 0 Å². The van der Waals surface area contributed by atoms with E-state index in [2.05, 4.69) is 65.3 Å². The Balaban J connectivity index is 1.15. The molecule has 0 N–H and O–H groups in total. The average molecular weight is 512 g/mol. The number of nitrogens with zero attached hydrogens (tertiary/aromatic N) is 5. The normalized spacial score (nSPS) is 16.3. The third kappa shape index (κ3) is 6.21. The number of hydrogen-bond donors (Lipinski definition) is 0. The monoisotopic (exact) mass is 511 g/mol. The Hall–Kier alpha value is -3.74. The molecule has 2 aliphatic rings. The van der Waals surface area contributed by atoms with Crippen molar-refractivity contribution in [3.8, 4) is 22.4 Å². The highest BCUT2D eigenvalue weighted by atomic mass is 16.2. The molecule has 1 aromatic heterocycles. The van der Waals surface area contributed by atoms with Crippen LogP contribution in [-0.2, 0) is 9.59 Å². The van der Waals surface area contributed by atoms with Crippen LogP contribution < -0.4 is 4.90 Å². The third-order valence-electron chi connectivity index (χ3n) is 7.69. The van der Waals surface area contributed by atoms with Gasteiger partial charge in [0.25, 0.3) is 0 Å². The average Bonchev–Trinajstić information content (AvgIpc) is 3.83.